The normalized spacial score (nSPS) is 14.1. The minimum atomic E-state index is -0.607. The van der Waals surface area contributed by atoms with Gasteiger partial charge in [0.05, 0.1) is 36.5 Å². The van der Waals surface area contributed by atoms with E-state index in [9.17, 15) is 4.79 Å². The standard InChI is InChI=1S/C16H16N6O2/c1-22-7-19-12-9(5-18-6-10(12)22)13-11(8-3-4-8)21-15(17)14(20-13)16(23)24-2/h5-8H,3-4H2,1-2H3,(H2,17,21). The van der Waals surface area contributed by atoms with Gasteiger partial charge in [0.15, 0.2) is 11.5 Å². The Morgan fingerprint density at radius 1 is 1.33 bits per heavy atom. The zero-order valence-electron chi connectivity index (χ0n) is 13.4. The second-order valence-corrected chi connectivity index (χ2v) is 5.87. The van der Waals surface area contributed by atoms with Crippen molar-refractivity contribution in [2.75, 3.05) is 12.8 Å². The topological polar surface area (TPSA) is 109 Å². The molecule has 0 amide bonds. The van der Waals surface area contributed by atoms with Gasteiger partial charge in [0, 0.05) is 24.7 Å². The highest BCUT2D eigenvalue weighted by Crippen LogP contribution is 2.44. The van der Waals surface area contributed by atoms with E-state index in [0.29, 0.717) is 11.6 Å². The van der Waals surface area contributed by atoms with Gasteiger partial charge < -0.3 is 15.0 Å². The van der Waals surface area contributed by atoms with Gasteiger partial charge in [-0.05, 0) is 12.8 Å². The number of pyridine rings is 1. The van der Waals surface area contributed by atoms with E-state index in [1.165, 1.54) is 7.11 Å². The number of aryl methyl sites for hydroxylation is 1. The zero-order valence-corrected chi connectivity index (χ0v) is 13.4. The Morgan fingerprint density at radius 3 is 2.83 bits per heavy atom. The van der Waals surface area contributed by atoms with Crippen molar-refractivity contribution in [2.45, 2.75) is 18.8 Å². The van der Waals surface area contributed by atoms with E-state index in [0.717, 1.165) is 35.1 Å². The van der Waals surface area contributed by atoms with Crippen LogP contribution in [-0.4, -0.2) is 37.6 Å². The highest BCUT2D eigenvalue weighted by Gasteiger charge is 2.32. The molecule has 0 aliphatic heterocycles. The molecule has 0 unspecified atom stereocenters. The van der Waals surface area contributed by atoms with Crippen LogP contribution in [0.25, 0.3) is 22.3 Å². The molecule has 3 aromatic rings. The van der Waals surface area contributed by atoms with Gasteiger partial charge in [-0.2, -0.15) is 0 Å². The van der Waals surface area contributed by atoms with Crippen LogP contribution in [0.4, 0.5) is 5.82 Å². The zero-order chi connectivity index (χ0) is 16.8. The van der Waals surface area contributed by atoms with Gasteiger partial charge in [-0.3, -0.25) is 4.98 Å². The molecule has 8 heteroatoms. The molecule has 3 aromatic heterocycles. The molecule has 0 radical (unpaired) electrons. The van der Waals surface area contributed by atoms with Gasteiger partial charge in [0.2, 0.25) is 0 Å². The molecule has 1 saturated carbocycles. The van der Waals surface area contributed by atoms with Crippen molar-refractivity contribution in [3.05, 3.63) is 30.1 Å². The molecular weight excluding hydrogens is 308 g/mol. The second-order valence-electron chi connectivity index (χ2n) is 5.87. The SMILES string of the molecule is COC(=O)c1nc(-c2cncc3c2ncn3C)c(C2CC2)nc1N. The summed E-state index contributed by atoms with van der Waals surface area (Å²) < 4.78 is 6.64. The van der Waals surface area contributed by atoms with Crippen LogP contribution in [0.1, 0.15) is 34.9 Å². The Hall–Kier alpha value is -3.03. The van der Waals surface area contributed by atoms with Gasteiger partial charge in [0.1, 0.15) is 5.52 Å². The van der Waals surface area contributed by atoms with Crippen molar-refractivity contribution in [3.8, 4) is 11.3 Å². The molecule has 1 fully saturated rings. The summed E-state index contributed by atoms with van der Waals surface area (Å²) in [4.78, 5) is 29.6. The molecule has 0 spiro atoms. The Morgan fingerprint density at radius 2 is 2.12 bits per heavy atom. The van der Waals surface area contributed by atoms with Crippen molar-refractivity contribution in [3.63, 3.8) is 0 Å². The number of rotatable bonds is 3. The van der Waals surface area contributed by atoms with Crippen molar-refractivity contribution < 1.29 is 9.53 Å². The van der Waals surface area contributed by atoms with Crippen molar-refractivity contribution >= 4 is 22.8 Å². The smallest absolute Gasteiger partial charge is 0.360 e. The van der Waals surface area contributed by atoms with Crippen LogP contribution in [0.15, 0.2) is 18.7 Å². The molecular formula is C16H16N6O2. The van der Waals surface area contributed by atoms with E-state index in [-0.39, 0.29) is 11.5 Å². The molecule has 8 nitrogen and oxygen atoms in total. The van der Waals surface area contributed by atoms with E-state index in [2.05, 4.69) is 19.9 Å². The summed E-state index contributed by atoms with van der Waals surface area (Å²) in [5.74, 6) is -0.209. The number of methoxy groups -OCH3 is 1. The first-order valence-corrected chi connectivity index (χ1v) is 7.61. The lowest BCUT2D eigenvalue weighted by Gasteiger charge is -2.11. The van der Waals surface area contributed by atoms with E-state index in [1.54, 1.807) is 18.7 Å². The molecule has 0 atom stereocenters. The first-order chi connectivity index (χ1) is 11.6. The minimum absolute atomic E-state index is 0.0184. The molecule has 2 N–H and O–H groups in total. The number of anilines is 1. The van der Waals surface area contributed by atoms with Crippen molar-refractivity contribution in [1.82, 2.24) is 24.5 Å². The number of hydrogen-bond acceptors (Lipinski definition) is 7. The quantitative estimate of drug-likeness (QED) is 0.730. The minimum Gasteiger partial charge on any atom is -0.464 e. The highest BCUT2D eigenvalue weighted by molar-refractivity contribution is 5.95. The van der Waals surface area contributed by atoms with Gasteiger partial charge in [-0.25, -0.2) is 19.7 Å². The number of carbonyl (C=O) groups is 1. The Kier molecular flexibility index (Phi) is 3.19. The van der Waals surface area contributed by atoms with Crippen molar-refractivity contribution in [2.24, 2.45) is 7.05 Å². The predicted molar refractivity (Wildman–Crippen MR) is 87.3 cm³/mol. The van der Waals surface area contributed by atoms with Crippen LogP contribution < -0.4 is 5.73 Å². The van der Waals surface area contributed by atoms with Gasteiger partial charge in [-0.15, -0.1) is 0 Å². The molecule has 0 bridgehead atoms. The fourth-order valence-corrected chi connectivity index (χ4v) is 2.76. The number of nitrogens with two attached hydrogens (primary N) is 1. The summed E-state index contributed by atoms with van der Waals surface area (Å²) in [6.45, 7) is 0. The molecule has 4 rings (SSSR count). The maximum atomic E-state index is 11.9. The molecule has 1 aliphatic rings. The average Bonchev–Trinajstić information content (AvgIpc) is 3.37. The van der Waals surface area contributed by atoms with Crippen LogP contribution in [0.3, 0.4) is 0 Å². The summed E-state index contributed by atoms with van der Waals surface area (Å²) in [5.41, 5.74) is 9.72. The van der Waals surface area contributed by atoms with Gasteiger partial charge in [0.25, 0.3) is 0 Å². The molecule has 3 heterocycles. The number of nitrogen functional groups attached to an aromatic ring is 1. The predicted octanol–water partition coefficient (Wildman–Crippen LogP) is 1.67. The van der Waals surface area contributed by atoms with Crippen LogP contribution in [0.2, 0.25) is 0 Å². The third kappa shape index (κ3) is 2.18. The van der Waals surface area contributed by atoms with Gasteiger partial charge >= 0.3 is 5.97 Å². The Labute approximate surface area is 137 Å². The second kappa shape index (κ2) is 5.26. The lowest BCUT2D eigenvalue weighted by Crippen LogP contribution is -2.13. The summed E-state index contributed by atoms with van der Waals surface area (Å²) in [6.07, 6.45) is 7.23. The fraction of sp³-hybridized carbons (Fsp3) is 0.312. The van der Waals surface area contributed by atoms with E-state index < -0.39 is 5.97 Å². The van der Waals surface area contributed by atoms with Gasteiger partial charge in [-0.1, -0.05) is 0 Å². The third-order valence-corrected chi connectivity index (χ3v) is 4.19. The molecule has 24 heavy (non-hydrogen) atoms. The highest BCUT2D eigenvalue weighted by atomic mass is 16.5. The number of fused-ring (bicyclic) bond motifs is 1. The molecule has 0 saturated heterocycles. The summed E-state index contributed by atoms with van der Waals surface area (Å²) >= 11 is 0. The first kappa shape index (κ1) is 14.6. The van der Waals surface area contributed by atoms with E-state index >= 15 is 0 Å². The number of ether oxygens (including phenoxy) is 1. The monoisotopic (exact) mass is 324 g/mol. The number of hydrogen-bond donors (Lipinski definition) is 1. The third-order valence-electron chi connectivity index (χ3n) is 4.19. The number of esters is 1. The average molecular weight is 324 g/mol. The molecule has 122 valence electrons. The fourth-order valence-electron chi connectivity index (χ4n) is 2.76. The van der Waals surface area contributed by atoms with Crippen LogP contribution in [0.5, 0.6) is 0 Å². The summed E-state index contributed by atoms with van der Waals surface area (Å²) in [7, 11) is 3.19. The number of aromatic nitrogens is 5. The van der Waals surface area contributed by atoms with E-state index in [1.807, 2.05) is 11.6 Å². The Balaban J connectivity index is 2.00. The summed E-state index contributed by atoms with van der Waals surface area (Å²) in [5, 5.41) is 0. The molecule has 0 aromatic carbocycles. The maximum absolute atomic E-state index is 11.9. The number of imidazole rings is 1. The largest absolute Gasteiger partial charge is 0.464 e. The van der Waals surface area contributed by atoms with Crippen LogP contribution in [0, 0.1) is 0 Å². The molecule has 1 aliphatic carbocycles. The lowest BCUT2D eigenvalue weighted by atomic mass is 10.1. The summed E-state index contributed by atoms with van der Waals surface area (Å²) in [6, 6.07) is 0. The van der Waals surface area contributed by atoms with Crippen LogP contribution in [-0.2, 0) is 11.8 Å². The lowest BCUT2D eigenvalue weighted by molar-refractivity contribution is 0.0595. The van der Waals surface area contributed by atoms with Crippen molar-refractivity contribution in [1.29, 1.82) is 0 Å². The number of nitrogens with zero attached hydrogens (tertiary/aromatic N) is 5. The van der Waals surface area contributed by atoms with E-state index in [4.69, 9.17) is 10.5 Å². The Bertz CT molecular complexity index is 961. The maximum Gasteiger partial charge on any atom is 0.360 e. The van der Waals surface area contributed by atoms with Crippen LogP contribution >= 0.6 is 0 Å². The first-order valence-electron chi connectivity index (χ1n) is 7.61. The number of carbonyl (C=O) groups excluding carboxylic acids is 1.